The van der Waals surface area contributed by atoms with Gasteiger partial charge in [-0.25, -0.2) is 4.79 Å². The number of hydrogen-bond acceptors (Lipinski definition) is 2. The molecule has 0 fully saturated rings. The molecule has 0 aromatic heterocycles. The normalized spacial score (nSPS) is 10.3. The van der Waals surface area contributed by atoms with Gasteiger partial charge < -0.3 is 9.84 Å². The van der Waals surface area contributed by atoms with E-state index in [4.69, 9.17) is 21.4 Å². The van der Waals surface area contributed by atoms with Gasteiger partial charge in [-0.15, -0.1) is 0 Å². The highest BCUT2D eigenvalue weighted by molar-refractivity contribution is 9.10. The highest BCUT2D eigenvalue weighted by Crippen LogP contribution is 2.33. The predicted octanol–water partition coefficient (Wildman–Crippen LogP) is 5.36. The average Bonchev–Trinajstić information content (AvgIpc) is 2.33. The molecular formula is C13H7Br2ClO3. The van der Waals surface area contributed by atoms with Gasteiger partial charge in [-0.05, 0) is 36.4 Å². The molecule has 0 aliphatic carbocycles. The molecule has 0 unspecified atom stereocenters. The fourth-order valence-corrected chi connectivity index (χ4v) is 2.40. The number of aromatic carboxylic acids is 1. The van der Waals surface area contributed by atoms with Crippen LogP contribution in [-0.4, -0.2) is 11.1 Å². The van der Waals surface area contributed by atoms with Crippen LogP contribution in [0.1, 0.15) is 10.4 Å². The number of carboxylic acid groups (broad SMARTS) is 1. The second kappa shape index (κ2) is 5.94. The van der Waals surface area contributed by atoms with E-state index in [0.717, 1.165) is 4.47 Å². The Morgan fingerprint density at radius 1 is 1.11 bits per heavy atom. The number of benzene rings is 2. The largest absolute Gasteiger partial charge is 0.478 e. The Balaban J connectivity index is 2.38. The molecule has 98 valence electrons. The topological polar surface area (TPSA) is 46.5 Å². The summed E-state index contributed by atoms with van der Waals surface area (Å²) in [7, 11) is 0. The molecule has 3 nitrogen and oxygen atoms in total. The van der Waals surface area contributed by atoms with Crippen LogP contribution in [0.5, 0.6) is 11.5 Å². The number of carboxylic acids is 1. The third kappa shape index (κ3) is 3.72. The smallest absolute Gasteiger partial charge is 0.335 e. The molecule has 2 rings (SSSR count). The summed E-state index contributed by atoms with van der Waals surface area (Å²) in [4.78, 5) is 11.0. The van der Waals surface area contributed by atoms with Crippen LogP contribution in [0.3, 0.4) is 0 Å². The number of carbonyl (C=O) groups is 1. The average molecular weight is 406 g/mol. The first-order valence-corrected chi connectivity index (χ1v) is 7.09. The molecule has 1 N–H and O–H groups in total. The second-order valence-corrected chi connectivity index (χ2v) is 5.90. The third-order valence-corrected chi connectivity index (χ3v) is 3.50. The highest BCUT2D eigenvalue weighted by atomic mass is 79.9. The molecule has 0 saturated carbocycles. The SMILES string of the molecule is O=C(O)c1cc(Br)cc(Oc2cc(Br)ccc2Cl)c1. The Labute approximate surface area is 131 Å². The van der Waals surface area contributed by atoms with E-state index in [1.165, 1.54) is 12.1 Å². The lowest BCUT2D eigenvalue weighted by atomic mass is 10.2. The standard InChI is InChI=1S/C13H7Br2ClO3/c14-8-1-2-11(16)12(6-8)19-10-4-7(13(17)18)3-9(15)5-10/h1-6H,(H,17,18). The molecule has 0 atom stereocenters. The number of hydrogen-bond donors (Lipinski definition) is 1. The third-order valence-electron chi connectivity index (χ3n) is 2.24. The molecule has 2 aromatic rings. The molecule has 0 heterocycles. The van der Waals surface area contributed by atoms with Crippen molar-refractivity contribution < 1.29 is 14.6 Å². The van der Waals surface area contributed by atoms with E-state index < -0.39 is 5.97 Å². The van der Waals surface area contributed by atoms with Crippen molar-refractivity contribution in [1.82, 2.24) is 0 Å². The first-order valence-electron chi connectivity index (χ1n) is 5.12. The fourth-order valence-electron chi connectivity index (χ4n) is 1.43. The molecule has 0 aliphatic rings. The van der Waals surface area contributed by atoms with Crippen LogP contribution in [-0.2, 0) is 0 Å². The van der Waals surface area contributed by atoms with Crippen molar-refractivity contribution in [1.29, 1.82) is 0 Å². The Morgan fingerprint density at radius 3 is 2.53 bits per heavy atom. The fraction of sp³-hybridized carbons (Fsp3) is 0. The van der Waals surface area contributed by atoms with E-state index in [-0.39, 0.29) is 5.56 Å². The van der Waals surface area contributed by atoms with E-state index in [1.807, 2.05) is 0 Å². The Hall–Kier alpha value is -1.04. The number of ether oxygens (including phenoxy) is 1. The van der Waals surface area contributed by atoms with Gasteiger partial charge in [-0.1, -0.05) is 43.5 Å². The van der Waals surface area contributed by atoms with Crippen molar-refractivity contribution in [3.63, 3.8) is 0 Å². The highest BCUT2D eigenvalue weighted by Gasteiger charge is 2.09. The molecule has 0 spiro atoms. The van der Waals surface area contributed by atoms with Crippen molar-refractivity contribution in [3.05, 3.63) is 55.9 Å². The van der Waals surface area contributed by atoms with Gasteiger partial charge in [0.1, 0.15) is 11.5 Å². The van der Waals surface area contributed by atoms with Gasteiger partial charge in [0.2, 0.25) is 0 Å². The molecular weight excluding hydrogens is 399 g/mol. The molecule has 0 bridgehead atoms. The molecule has 0 saturated heterocycles. The summed E-state index contributed by atoms with van der Waals surface area (Å²) in [6, 6.07) is 9.80. The van der Waals surface area contributed by atoms with Gasteiger partial charge in [-0.2, -0.15) is 0 Å². The van der Waals surface area contributed by atoms with Crippen molar-refractivity contribution in [2.75, 3.05) is 0 Å². The van der Waals surface area contributed by atoms with Gasteiger partial charge >= 0.3 is 5.97 Å². The van der Waals surface area contributed by atoms with Gasteiger partial charge in [0.25, 0.3) is 0 Å². The van der Waals surface area contributed by atoms with Crippen LogP contribution in [0.2, 0.25) is 5.02 Å². The zero-order chi connectivity index (χ0) is 14.0. The van der Waals surface area contributed by atoms with Crippen molar-refractivity contribution >= 4 is 49.4 Å². The Morgan fingerprint density at radius 2 is 1.84 bits per heavy atom. The Kier molecular flexibility index (Phi) is 4.50. The molecule has 0 radical (unpaired) electrons. The van der Waals surface area contributed by atoms with Crippen molar-refractivity contribution in [2.24, 2.45) is 0 Å². The summed E-state index contributed by atoms with van der Waals surface area (Å²) >= 11 is 12.6. The minimum absolute atomic E-state index is 0.135. The number of rotatable bonds is 3. The molecule has 0 amide bonds. The van der Waals surface area contributed by atoms with Gasteiger partial charge in [0.15, 0.2) is 0 Å². The summed E-state index contributed by atoms with van der Waals surface area (Å²) in [5.41, 5.74) is 0.135. The predicted molar refractivity (Wildman–Crippen MR) is 80.3 cm³/mol. The maximum absolute atomic E-state index is 11.0. The van der Waals surface area contributed by atoms with Gasteiger partial charge in [-0.3, -0.25) is 0 Å². The zero-order valence-corrected chi connectivity index (χ0v) is 13.3. The maximum Gasteiger partial charge on any atom is 0.335 e. The van der Waals surface area contributed by atoms with Crippen LogP contribution >= 0.6 is 43.5 Å². The molecule has 0 aliphatic heterocycles. The summed E-state index contributed by atoms with van der Waals surface area (Å²) < 4.78 is 7.05. The van der Waals surface area contributed by atoms with Crippen LogP contribution in [0, 0.1) is 0 Å². The van der Waals surface area contributed by atoms with E-state index in [2.05, 4.69) is 31.9 Å². The van der Waals surface area contributed by atoms with Crippen molar-refractivity contribution in [2.45, 2.75) is 0 Å². The van der Waals surface area contributed by atoms with Gasteiger partial charge in [0, 0.05) is 8.95 Å². The van der Waals surface area contributed by atoms with Crippen LogP contribution in [0.4, 0.5) is 0 Å². The lowest BCUT2D eigenvalue weighted by molar-refractivity contribution is 0.0696. The molecule has 2 aromatic carbocycles. The Bertz CT molecular complexity index is 644. The van der Waals surface area contributed by atoms with Crippen LogP contribution in [0.25, 0.3) is 0 Å². The van der Waals surface area contributed by atoms with E-state index in [1.54, 1.807) is 24.3 Å². The quantitative estimate of drug-likeness (QED) is 0.747. The van der Waals surface area contributed by atoms with E-state index >= 15 is 0 Å². The summed E-state index contributed by atoms with van der Waals surface area (Å²) in [6.07, 6.45) is 0. The first-order chi connectivity index (χ1) is 8.95. The lowest BCUT2D eigenvalue weighted by Gasteiger charge is -2.09. The summed E-state index contributed by atoms with van der Waals surface area (Å²) in [5.74, 6) is -0.177. The monoisotopic (exact) mass is 404 g/mol. The lowest BCUT2D eigenvalue weighted by Crippen LogP contribution is -1.97. The maximum atomic E-state index is 11.0. The van der Waals surface area contributed by atoms with E-state index in [0.29, 0.717) is 21.0 Å². The zero-order valence-electron chi connectivity index (χ0n) is 9.36. The van der Waals surface area contributed by atoms with Crippen LogP contribution in [0.15, 0.2) is 45.3 Å². The molecule has 6 heteroatoms. The summed E-state index contributed by atoms with van der Waals surface area (Å²) in [5, 5.41) is 9.43. The second-order valence-electron chi connectivity index (χ2n) is 3.66. The minimum Gasteiger partial charge on any atom is -0.478 e. The minimum atomic E-state index is -1.02. The van der Waals surface area contributed by atoms with Crippen molar-refractivity contribution in [3.8, 4) is 11.5 Å². The number of halogens is 3. The van der Waals surface area contributed by atoms with Gasteiger partial charge in [0.05, 0.1) is 10.6 Å². The summed E-state index contributed by atoms with van der Waals surface area (Å²) in [6.45, 7) is 0. The molecule has 19 heavy (non-hydrogen) atoms. The first kappa shape index (κ1) is 14.4. The van der Waals surface area contributed by atoms with Crippen LogP contribution < -0.4 is 4.74 Å². The van der Waals surface area contributed by atoms with E-state index in [9.17, 15) is 4.79 Å².